The van der Waals surface area contributed by atoms with Crippen LogP contribution in [-0.2, 0) is 16.2 Å². The number of aliphatic carboxylic acids is 1. The smallest absolute Gasteiger partial charge is 0.345 e. The number of rotatable bonds is 6. The molecule has 0 spiro atoms. The van der Waals surface area contributed by atoms with Gasteiger partial charge in [-0.05, 0) is 18.1 Å². The fraction of sp³-hybridized carbons (Fsp3) is 0.261. The van der Waals surface area contributed by atoms with Gasteiger partial charge < -0.3 is 10.0 Å². The molecule has 2 aromatic carbocycles. The number of amides is 2. The number of carboxylic acids is 1. The summed E-state index contributed by atoms with van der Waals surface area (Å²) in [6, 6.07) is 17.2. The molecule has 2 amide bonds. The molecule has 1 N–H and O–H groups in total. The number of benzene rings is 2. The maximum atomic E-state index is 13.1. The normalized spacial score (nSPS) is 20.6. The van der Waals surface area contributed by atoms with E-state index in [9.17, 15) is 14.7 Å². The summed E-state index contributed by atoms with van der Waals surface area (Å²) in [5, 5.41) is 15.9. The second-order valence-electron chi connectivity index (χ2n) is 7.79. The average molecular weight is 418 g/mol. The number of hydroxylamine groups is 2. The summed E-state index contributed by atoms with van der Waals surface area (Å²) >= 11 is 0. The molecule has 1 aromatic heterocycles. The number of hydrogen-bond donors (Lipinski definition) is 1. The van der Waals surface area contributed by atoms with Crippen molar-refractivity contribution in [3.05, 3.63) is 89.2 Å². The van der Waals surface area contributed by atoms with Gasteiger partial charge in [-0.3, -0.25) is 9.52 Å². The zero-order valence-electron chi connectivity index (χ0n) is 17.0. The Morgan fingerprint density at radius 3 is 2.52 bits per heavy atom. The molecule has 1 unspecified atom stereocenters. The molecular formula is C23H22N4O4. The van der Waals surface area contributed by atoms with Crippen LogP contribution >= 0.6 is 0 Å². The number of fused-ring (bicyclic) bond motifs is 4. The number of nitrogens with zero attached hydrogens (tertiary/aromatic N) is 4. The van der Waals surface area contributed by atoms with Crippen LogP contribution in [0.1, 0.15) is 47.4 Å². The molecule has 3 atom stereocenters. The molecule has 8 nitrogen and oxygen atoms in total. The first-order valence-electron chi connectivity index (χ1n) is 10.2. The van der Waals surface area contributed by atoms with Gasteiger partial charge in [0.1, 0.15) is 12.6 Å². The molecule has 31 heavy (non-hydrogen) atoms. The quantitative estimate of drug-likeness (QED) is 0.662. The van der Waals surface area contributed by atoms with E-state index in [0.29, 0.717) is 11.3 Å². The lowest BCUT2D eigenvalue weighted by molar-refractivity contribution is -0.143. The van der Waals surface area contributed by atoms with E-state index in [1.165, 1.54) is 9.96 Å². The summed E-state index contributed by atoms with van der Waals surface area (Å²) in [6.45, 7) is 2.44. The highest BCUT2D eigenvalue weighted by molar-refractivity contribution is 5.86. The molecule has 8 heteroatoms. The average Bonchev–Trinajstić information content (AvgIpc) is 3.34. The molecule has 3 heterocycles. The second-order valence-corrected chi connectivity index (χ2v) is 7.79. The van der Waals surface area contributed by atoms with Gasteiger partial charge in [0.05, 0.1) is 24.5 Å². The number of carbonyl (C=O) groups excluding carboxylic acids is 1. The fourth-order valence-electron chi connectivity index (χ4n) is 4.41. The Morgan fingerprint density at radius 1 is 1.16 bits per heavy atom. The molecule has 3 aromatic rings. The summed E-state index contributed by atoms with van der Waals surface area (Å²) in [6.07, 6.45) is 1.67. The van der Waals surface area contributed by atoms with Gasteiger partial charge in [-0.2, -0.15) is 10.2 Å². The molecule has 0 saturated carbocycles. The van der Waals surface area contributed by atoms with Crippen LogP contribution in [0, 0.1) is 0 Å². The molecule has 2 aliphatic rings. The van der Waals surface area contributed by atoms with Gasteiger partial charge >= 0.3 is 12.0 Å². The summed E-state index contributed by atoms with van der Waals surface area (Å²) < 4.78 is 1.72. The van der Waals surface area contributed by atoms with Crippen molar-refractivity contribution in [2.75, 3.05) is 6.54 Å². The van der Waals surface area contributed by atoms with E-state index in [2.05, 4.69) is 5.10 Å². The van der Waals surface area contributed by atoms with Gasteiger partial charge in [-0.1, -0.05) is 60.7 Å². The van der Waals surface area contributed by atoms with Gasteiger partial charge in [-0.15, -0.1) is 0 Å². The van der Waals surface area contributed by atoms with Crippen molar-refractivity contribution in [2.45, 2.75) is 31.7 Å². The standard InChI is InChI=1S/C23H22N4O4/c1-15(17-10-6-3-7-11-17)26-20-18(12-24-26)19-13-25(21(20)22(28)29)23(30)27(19)31-14-16-8-4-2-5-9-16/h2-12,15,19,21H,13-14H2,1H3,(H,28,29)/t15?,19-,21-/m0/s1. The van der Waals surface area contributed by atoms with Crippen molar-refractivity contribution in [1.82, 2.24) is 19.7 Å². The highest BCUT2D eigenvalue weighted by atomic mass is 16.7. The molecule has 0 radical (unpaired) electrons. The van der Waals surface area contributed by atoms with Crippen molar-refractivity contribution in [3.8, 4) is 0 Å². The van der Waals surface area contributed by atoms with Gasteiger partial charge in [0.2, 0.25) is 0 Å². The first-order chi connectivity index (χ1) is 15.1. The second kappa shape index (κ2) is 7.55. The Kier molecular flexibility index (Phi) is 4.71. The molecule has 5 rings (SSSR count). The van der Waals surface area contributed by atoms with Gasteiger partial charge in [0, 0.05) is 5.56 Å². The van der Waals surface area contributed by atoms with E-state index in [4.69, 9.17) is 4.84 Å². The third-order valence-corrected chi connectivity index (χ3v) is 5.98. The maximum absolute atomic E-state index is 13.1. The molecule has 0 aliphatic carbocycles. The van der Waals surface area contributed by atoms with E-state index in [1.807, 2.05) is 67.6 Å². The van der Waals surface area contributed by atoms with Crippen LogP contribution in [-0.4, -0.2) is 43.4 Å². The Balaban J connectivity index is 1.51. The minimum atomic E-state index is -1.11. The molecule has 2 aliphatic heterocycles. The van der Waals surface area contributed by atoms with Gasteiger partial charge in [0.25, 0.3) is 0 Å². The fourth-order valence-corrected chi connectivity index (χ4v) is 4.41. The lowest BCUT2D eigenvalue weighted by Gasteiger charge is -2.30. The number of carbonyl (C=O) groups is 2. The Hall–Kier alpha value is -3.65. The van der Waals surface area contributed by atoms with E-state index in [0.717, 1.165) is 11.1 Å². The van der Waals surface area contributed by atoms with E-state index < -0.39 is 24.1 Å². The summed E-state index contributed by atoms with van der Waals surface area (Å²) in [5.41, 5.74) is 3.17. The Bertz CT molecular complexity index is 1120. The zero-order chi connectivity index (χ0) is 21.5. The molecular weight excluding hydrogens is 396 g/mol. The highest BCUT2D eigenvalue weighted by Crippen LogP contribution is 2.45. The van der Waals surface area contributed by atoms with Crippen LogP contribution in [0.4, 0.5) is 4.79 Å². The van der Waals surface area contributed by atoms with Gasteiger partial charge in [-0.25, -0.2) is 9.59 Å². The minimum Gasteiger partial charge on any atom is -0.479 e. The Labute approximate surface area is 179 Å². The highest BCUT2D eigenvalue weighted by Gasteiger charge is 2.53. The summed E-state index contributed by atoms with van der Waals surface area (Å²) in [4.78, 5) is 32.6. The lowest BCUT2D eigenvalue weighted by atomic mass is 9.97. The number of urea groups is 1. The van der Waals surface area contributed by atoms with Crippen LogP contribution in [0.3, 0.4) is 0 Å². The largest absolute Gasteiger partial charge is 0.479 e. The molecule has 2 bridgehead atoms. The number of aromatic nitrogens is 2. The number of carboxylic acid groups (broad SMARTS) is 1. The van der Waals surface area contributed by atoms with Gasteiger partial charge in [0.15, 0.2) is 6.04 Å². The van der Waals surface area contributed by atoms with Crippen LogP contribution in [0.15, 0.2) is 66.9 Å². The van der Waals surface area contributed by atoms with Crippen LogP contribution in [0.5, 0.6) is 0 Å². The molecule has 1 saturated heterocycles. The zero-order valence-corrected chi connectivity index (χ0v) is 17.0. The van der Waals surface area contributed by atoms with Crippen molar-refractivity contribution < 1.29 is 19.5 Å². The molecule has 158 valence electrons. The first kappa shape index (κ1) is 19.3. The lowest BCUT2D eigenvalue weighted by Crippen LogP contribution is -2.40. The summed E-state index contributed by atoms with van der Waals surface area (Å²) in [5.74, 6) is -1.08. The van der Waals surface area contributed by atoms with Crippen molar-refractivity contribution >= 4 is 12.0 Å². The van der Waals surface area contributed by atoms with E-state index in [1.54, 1.807) is 10.9 Å². The summed E-state index contributed by atoms with van der Waals surface area (Å²) in [7, 11) is 0. The molecule has 1 fully saturated rings. The first-order valence-corrected chi connectivity index (χ1v) is 10.2. The van der Waals surface area contributed by atoms with Crippen molar-refractivity contribution in [3.63, 3.8) is 0 Å². The van der Waals surface area contributed by atoms with E-state index >= 15 is 0 Å². The van der Waals surface area contributed by atoms with E-state index in [-0.39, 0.29) is 19.2 Å². The third-order valence-electron chi connectivity index (χ3n) is 5.98. The third kappa shape index (κ3) is 3.16. The topological polar surface area (TPSA) is 87.9 Å². The van der Waals surface area contributed by atoms with Crippen molar-refractivity contribution in [2.24, 2.45) is 0 Å². The maximum Gasteiger partial charge on any atom is 0.345 e. The predicted octanol–water partition coefficient (Wildman–Crippen LogP) is 3.54. The predicted molar refractivity (Wildman–Crippen MR) is 111 cm³/mol. The minimum absolute atomic E-state index is 0.181. The van der Waals surface area contributed by atoms with Crippen molar-refractivity contribution in [1.29, 1.82) is 0 Å². The SMILES string of the molecule is CC(c1ccccc1)n1ncc2c1[C@@H](C(=O)O)N1C[C@@H]2N(OCc2ccccc2)C1=O. The number of hydrogen-bond acceptors (Lipinski definition) is 4. The van der Waals surface area contributed by atoms with Crippen LogP contribution in [0.25, 0.3) is 0 Å². The van der Waals surface area contributed by atoms with Crippen LogP contribution in [0.2, 0.25) is 0 Å². The monoisotopic (exact) mass is 418 g/mol. The van der Waals surface area contributed by atoms with Crippen LogP contribution < -0.4 is 0 Å². The Morgan fingerprint density at radius 2 is 1.84 bits per heavy atom.